The van der Waals surface area contributed by atoms with Crippen LogP contribution in [0.5, 0.6) is 0 Å². The summed E-state index contributed by atoms with van der Waals surface area (Å²) in [6.45, 7) is 12.8. The van der Waals surface area contributed by atoms with Gasteiger partial charge in [-0.2, -0.15) is 0 Å². The van der Waals surface area contributed by atoms with Crippen LogP contribution in [0.1, 0.15) is 76.1 Å². The maximum absolute atomic E-state index is 3.77. The summed E-state index contributed by atoms with van der Waals surface area (Å²) in [6, 6.07) is 5.28. The van der Waals surface area contributed by atoms with Gasteiger partial charge in [0, 0.05) is 15.8 Å². The Labute approximate surface area is 135 Å². The van der Waals surface area contributed by atoms with Crippen LogP contribution in [0.15, 0.2) is 12.1 Å². The van der Waals surface area contributed by atoms with Crippen molar-refractivity contribution < 1.29 is 0 Å². The van der Waals surface area contributed by atoms with E-state index in [0.29, 0.717) is 11.5 Å². The lowest BCUT2D eigenvalue weighted by molar-refractivity contribution is 0.133. The van der Waals surface area contributed by atoms with Crippen LogP contribution in [0.2, 0.25) is 0 Å². The monoisotopic (exact) mass is 307 g/mol. The number of thiophene rings is 1. The lowest BCUT2D eigenvalue weighted by Crippen LogP contribution is -2.33. The zero-order valence-corrected chi connectivity index (χ0v) is 15.4. The smallest absolute Gasteiger partial charge is 0.0443 e. The Bertz CT molecular complexity index is 421. The Morgan fingerprint density at radius 3 is 2.29 bits per heavy atom. The van der Waals surface area contributed by atoms with Gasteiger partial charge in [-0.1, -0.05) is 34.6 Å². The van der Waals surface area contributed by atoms with E-state index in [1.807, 2.05) is 11.3 Å². The first-order chi connectivity index (χ1) is 9.95. The molecule has 1 heterocycles. The lowest BCUT2D eigenvalue weighted by Gasteiger charge is -2.39. The summed E-state index contributed by atoms with van der Waals surface area (Å²) in [7, 11) is 0. The van der Waals surface area contributed by atoms with Gasteiger partial charge in [0.1, 0.15) is 0 Å². The molecule has 21 heavy (non-hydrogen) atoms. The molecular weight excluding hydrogens is 274 g/mol. The molecular formula is C19H33NS. The minimum atomic E-state index is 0.483. The molecule has 1 atom stereocenters. The highest BCUT2D eigenvalue weighted by Crippen LogP contribution is 2.44. The van der Waals surface area contributed by atoms with Crippen molar-refractivity contribution in [3.05, 3.63) is 21.9 Å². The summed E-state index contributed by atoms with van der Waals surface area (Å²) in [6.07, 6.45) is 6.75. The van der Waals surface area contributed by atoms with E-state index in [4.69, 9.17) is 0 Å². The minimum absolute atomic E-state index is 0.483. The third kappa shape index (κ3) is 4.32. The van der Waals surface area contributed by atoms with Crippen molar-refractivity contribution in [2.24, 2.45) is 17.3 Å². The maximum atomic E-state index is 3.77. The maximum Gasteiger partial charge on any atom is 0.0443 e. The van der Waals surface area contributed by atoms with E-state index in [1.165, 1.54) is 37.0 Å². The number of rotatable bonds is 5. The Kier molecular flexibility index (Phi) is 5.90. The largest absolute Gasteiger partial charge is 0.309 e. The van der Waals surface area contributed by atoms with Gasteiger partial charge in [0.05, 0.1) is 0 Å². The molecule has 1 nitrogen and oxygen atoms in total. The third-order valence-corrected chi connectivity index (χ3v) is 6.54. The molecule has 0 spiro atoms. The molecule has 1 N–H and O–H groups in total. The Balaban J connectivity index is 2.03. The van der Waals surface area contributed by atoms with Crippen LogP contribution >= 0.6 is 11.3 Å². The molecule has 1 aromatic rings. The first-order valence-corrected chi connectivity index (χ1v) is 9.59. The van der Waals surface area contributed by atoms with Gasteiger partial charge in [-0.3, -0.25) is 0 Å². The molecule has 1 aliphatic rings. The normalized spacial score (nSPS) is 25.0. The topological polar surface area (TPSA) is 12.0 Å². The van der Waals surface area contributed by atoms with E-state index in [2.05, 4.69) is 52.1 Å². The van der Waals surface area contributed by atoms with Crippen molar-refractivity contribution in [2.45, 2.75) is 72.8 Å². The van der Waals surface area contributed by atoms with Gasteiger partial charge in [0.15, 0.2) is 0 Å². The number of aryl methyl sites for hydroxylation is 1. The van der Waals surface area contributed by atoms with Crippen LogP contribution in [0.4, 0.5) is 0 Å². The van der Waals surface area contributed by atoms with Crippen molar-refractivity contribution in [3.8, 4) is 0 Å². The van der Waals surface area contributed by atoms with E-state index in [1.54, 1.807) is 4.88 Å². The predicted octanol–water partition coefficient (Wildman–Crippen LogP) is 5.81. The zero-order valence-electron chi connectivity index (χ0n) is 14.5. The molecule has 120 valence electrons. The summed E-state index contributed by atoms with van der Waals surface area (Å²) in [5.74, 6) is 1.73. The van der Waals surface area contributed by atoms with Crippen molar-refractivity contribution in [3.63, 3.8) is 0 Å². The van der Waals surface area contributed by atoms with Gasteiger partial charge in [0.2, 0.25) is 0 Å². The quantitative estimate of drug-likeness (QED) is 0.723. The van der Waals surface area contributed by atoms with Gasteiger partial charge in [0.25, 0.3) is 0 Å². The molecule has 1 unspecified atom stereocenters. The minimum Gasteiger partial charge on any atom is -0.309 e. The summed E-state index contributed by atoms with van der Waals surface area (Å²) < 4.78 is 0. The van der Waals surface area contributed by atoms with Gasteiger partial charge in [-0.15, -0.1) is 11.3 Å². The molecule has 2 rings (SSSR count). The third-order valence-electron chi connectivity index (χ3n) is 5.23. The number of nitrogens with one attached hydrogen (secondary N) is 1. The standard InChI is InChI=1S/C19H33NS/c1-6-16-12-13-17(21-16)18(20-7-2)14-8-10-15(11-9-14)19(3,4)5/h12-15,18,20H,6-11H2,1-5H3. The molecule has 1 aromatic heterocycles. The number of hydrogen-bond donors (Lipinski definition) is 1. The molecule has 0 aliphatic heterocycles. The first kappa shape index (κ1) is 17.0. The van der Waals surface area contributed by atoms with Gasteiger partial charge < -0.3 is 5.32 Å². The second-order valence-electron chi connectivity index (χ2n) is 7.67. The predicted molar refractivity (Wildman–Crippen MR) is 95.0 cm³/mol. The highest BCUT2D eigenvalue weighted by atomic mass is 32.1. The fraction of sp³-hybridized carbons (Fsp3) is 0.789. The molecule has 0 saturated heterocycles. The Hall–Kier alpha value is -0.340. The number of hydrogen-bond acceptors (Lipinski definition) is 2. The van der Waals surface area contributed by atoms with Gasteiger partial charge >= 0.3 is 0 Å². The molecule has 0 amide bonds. The van der Waals surface area contributed by atoms with Gasteiger partial charge in [-0.05, 0) is 68.0 Å². The van der Waals surface area contributed by atoms with Crippen molar-refractivity contribution >= 4 is 11.3 Å². The lowest BCUT2D eigenvalue weighted by atomic mass is 9.68. The van der Waals surface area contributed by atoms with Crippen LogP contribution < -0.4 is 5.32 Å². The second kappa shape index (κ2) is 7.28. The van der Waals surface area contributed by atoms with Crippen LogP contribution in [0.25, 0.3) is 0 Å². The molecule has 1 aliphatic carbocycles. The average Bonchev–Trinajstić information content (AvgIpc) is 2.92. The summed E-state index contributed by atoms with van der Waals surface area (Å²) >= 11 is 2.02. The fourth-order valence-electron chi connectivity index (χ4n) is 3.79. The highest BCUT2D eigenvalue weighted by molar-refractivity contribution is 7.12. The Morgan fingerprint density at radius 1 is 1.14 bits per heavy atom. The summed E-state index contributed by atoms with van der Waals surface area (Å²) in [5.41, 5.74) is 0.483. The molecule has 0 radical (unpaired) electrons. The summed E-state index contributed by atoms with van der Waals surface area (Å²) in [5, 5.41) is 3.77. The highest BCUT2D eigenvalue weighted by Gasteiger charge is 2.33. The van der Waals surface area contributed by atoms with Crippen LogP contribution in [0, 0.1) is 17.3 Å². The zero-order chi connectivity index (χ0) is 15.5. The fourth-order valence-corrected chi connectivity index (χ4v) is 4.91. The van der Waals surface area contributed by atoms with E-state index >= 15 is 0 Å². The van der Waals surface area contributed by atoms with Crippen molar-refractivity contribution in [2.75, 3.05) is 6.54 Å². The molecule has 1 saturated carbocycles. The van der Waals surface area contributed by atoms with Crippen LogP contribution in [-0.2, 0) is 6.42 Å². The van der Waals surface area contributed by atoms with Crippen LogP contribution in [-0.4, -0.2) is 6.54 Å². The first-order valence-electron chi connectivity index (χ1n) is 8.77. The van der Waals surface area contributed by atoms with E-state index < -0.39 is 0 Å². The van der Waals surface area contributed by atoms with E-state index in [-0.39, 0.29) is 0 Å². The molecule has 1 fully saturated rings. The van der Waals surface area contributed by atoms with E-state index in [0.717, 1.165) is 18.4 Å². The molecule has 0 bridgehead atoms. The SMILES string of the molecule is CCNC(c1ccc(CC)s1)C1CCC(C(C)(C)C)CC1. The Morgan fingerprint density at radius 2 is 1.81 bits per heavy atom. The second-order valence-corrected chi connectivity index (χ2v) is 8.87. The molecule has 2 heteroatoms. The van der Waals surface area contributed by atoms with Crippen molar-refractivity contribution in [1.29, 1.82) is 0 Å². The molecule has 0 aromatic carbocycles. The van der Waals surface area contributed by atoms with Gasteiger partial charge in [-0.25, -0.2) is 0 Å². The summed E-state index contributed by atoms with van der Waals surface area (Å²) in [4.78, 5) is 3.09. The van der Waals surface area contributed by atoms with E-state index in [9.17, 15) is 0 Å². The average molecular weight is 308 g/mol. The van der Waals surface area contributed by atoms with Crippen molar-refractivity contribution in [1.82, 2.24) is 5.32 Å². The van der Waals surface area contributed by atoms with Crippen LogP contribution in [0.3, 0.4) is 0 Å².